The first-order chi connectivity index (χ1) is 24.8. The van der Waals surface area contributed by atoms with Crippen LogP contribution in [0.15, 0.2) is 78.5 Å². The van der Waals surface area contributed by atoms with Gasteiger partial charge in [-0.3, -0.25) is 4.68 Å². The van der Waals surface area contributed by atoms with E-state index in [1.54, 1.807) is 0 Å². The van der Waals surface area contributed by atoms with Gasteiger partial charge in [0, 0.05) is 40.4 Å². The molecular formula is C47H54N4OPt. The summed E-state index contributed by atoms with van der Waals surface area (Å²) in [5, 5.41) is 7.55. The maximum absolute atomic E-state index is 6.76. The molecule has 2 atom stereocenters. The number of benzene rings is 3. The fourth-order valence-corrected chi connectivity index (χ4v) is 8.20. The summed E-state index contributed by atoms with van der Waals surface area (Å²) >= 11 is 0. The average Bonchev–Trinajstić information content (AvgIpc) is 3.57. The van der Waals surface area contributed by atoms with Gasteiger partial charge >= 0.3 is 21.1 Å². The van der Waals surface area contributed by atoms with Crippen LogP contribution in [0.4, 0.5) is 0 Å². The third kappa shape index (κ3) is 7.83. The summed E-state index contributed by atoms with van der Waals surface area (Å²) in [7, 11) is 0. The molecule has 0 saturated heterocycles. The van der Waals surface area contributed by atoms with Crippen LogP contribution in [0.3, 0.4) is 0 Å². The summed E-state index contributed by atoms with van der Waals surface area (Å²) in [5.41, 5.74) is 10.5. The molecule has 1 aliphatic carbocycles. The second kappa shape index (κ2) is 15.4. The Morgan fingerprint density at radius 2 is 1.64 bits per heavy atom. The molecule has 0 radical (unpaired) electrons. The van der Waals surface area contributed by atoms with E-state index in [9.17, 15) is 0 Å². The standard InChI is InChI=1S/C47H54N4O.Pt/c1-29(2)22-34-20-21-48-44(24-34)50-41-17-12-11-16-39(41)40-19-18-37(28-42(40)50)52-38-26-35(47(8,9)10)25-36(27-38)51-43(23-30(3)4)46(33(7)49-51)45-31(5)14-13-15-32(45)6;/h11-12,14,16-21,24-26,29-30,32,45H,13,15,22-23H2,1-10H3;/q-2;+2/t32-,45?;/m0./s1. The number of aryl methyl sites for hydroxylation is 1. The van der Waals surface area contributed by atoms with Crippen molar-refractivity contribution in [2.45, 2.75) is 106 Å². The number of pyridine rings is 1. The van der Waals surface area contributed by atoms with E-state index in [0.29, 0.717) is 35.2 Å². The monoisotopic (exact) mass is 885 g/mol. The molecule has 1 aliphatic rings. The van der Waals surface area contributed by atoms with Gasteiger partial charge < -0.3 is 9.30 Å². The molecule has 0 aliphatic heterocycles. The number of fused-ring (bicyclic) bond motifs is 3. The maximum atomic E-state index is 6.76. The predicted octanol–water partition coefficient (Wildman–Crippen LogP) is 12.2. The molecule has 0 saturated carbocycles. The van der Waals surface area contributed by atoms with Crippen LogP contribution in [0.1, 0.15) is 109 Å². The minimum Gasteiger partial charge on any atom is -0.509 e. The van der Waals surface area contributed by atoms with E-state index in [-0.39, 0.29) is 26.5 Å². The average molecular weight is 886 g/mol. The van der Waals surface area contributed by atoms with Crippen LogP contribution < -0.4 is 4.74 Å². The van der Waals surface area contributed by atoms with E-state index < -0.39 is 0 Å². The van der Waals surface area contributed by atoms with Crippen LogP contribution in [-0.4, -0.2) is 19.3 Å². The zero-order valence-electron chi connectivity index (χ0n) is 33.1. The van der Waals surface area contributed by atoms with Crippen LogP contribution in [-0.2, 0) is 39.3 Å². The third-order valence-electron chi connectivity index (χ3n) is 10.7. The van der Waals surface area contributed by atoms with Crippen molar-refractivity contribution in [2.24, 2.45) is 17.8 Å². The number of ether oxygens (including phenoxy) is 1. The molecule has 278 valence electrons. The smallest absolute Gasteiger partial charge is 0.509 e. The van der Waals surface area contributed by atoms with Crippen molar-refractivity contribution < 1.29 is 25.8 Å². The van der Waals surface area contributed by atoms with Gasteiger partial charge in [0.25, 0.3) is 0 Å². The molecule has 0 fully saturated rings. The zero-order valence-corrected chi connectivity index (χ0v) is 35.4. The summed E-state index contributed by atoms with van der Waals surface area (Å²) in [4.78, 5) is 4.85. The molecule has 5 nitrogen and oxygen atoms in total. The van der Waals surface area contributed by atoms with Gasteiger partial charge in [0.05, 0.1) is 5.69 Å². The molecule has 7 rings (SSSR count). The van der Waals surface area contributed by atoms with Crippen LogP contribution in [0.25, 0.3) is 33.3 Å². The van der Waals surface area contributed by atoms with Crippen molar-refractivity contribution in [2.75, 3.05) is 0 Å². The molecule has 3 aromatic heterocycles. The Hall–Kier alpha value is -3.95. The number of rotatable bonds is 9. The quantitative estimate of drug-likeness (QED) is 0.107. The third-order valence-corrected chi connectivity index (χ3v) is 10.7. The molecular weight excluding hydrogens is 832 g/mol. The fourth-order valence-electron chi connectivity index (χ4n) is 8.20. The minimum atomic E-state index is -0.116. The van der Waals surface area contributed by atoms with Crippen molar-refractivity contribution in [3.63, 3.8) is 0 Å². The normalized spacial score (nSPS) is 16.4. The minimum absolute atomic E-state index is 0. The molecule has 0 bridgehead atoms. The fraction of sp³-hybridized carbons (Fsp3) is 0.404. The van der Waals surface area contributed by atoms with Gasteiger partial charge in [-0.05, 0) is 97.5 Å². The number of nitrogens with zero attached hydrogens (tertiary/aromatic N) is 4. The Morgan fingerprint density at radius 1 is 0.887 bits per heavy atom. The number of allylic oxidation sites excluding steroid dienone is 2. The van der Waals surface area contributed by atoms with E-state index in [0.717, 1.165) is 52.9 Å². The molecule has 3 aromatic carbocycles. The van der Waals surface area contributed by atoms with Crippen molar-refractivity contribution in [1.82, 2.24) is 19.3 Å². The van der Waals surface area contributed by atoms with Crippen molar-refractivity contribution in [1.29, 1.82) is 0 Å². The van der Waals surface area contributed by atoms with E-state index >= 15 is 0 Å². The number of hydrogen-bond donors (Lipinski definition) is 0. The maximum Gasteiger partial charge on any atom is 2.00 e. The Morgan fingerprint density at radius 3 is 2.36 bits per heavy atom. The van der Waals surface area contributed by atoms with Gasteiger partial charge in [-0.25, -0.2) is 4.98 Å². The second-order valence-electron chi connectivity index (χ2n) is 17.0. The van der Waals surface area contributed by atoms with Crippen molar-refractivity contribution in [3.05, 3.63) is 119 Å². The number of aromatic nitrogens is 4. The molecule has 3 heterocycles. The van der Waals surface area contributed by atoms with Crippen LogP contribution in [0.2, 0.25) is 0 Å². The van der Waals surface area contributed by atoms with E-state index in [1.807, 2.05) is 12.3 Å². The SMILES string of the molecule is CC1=CCC[C@H](C)C1c1c(C)nn(-c2[c-]c(Oc3[c-]c4c(cc3)c3ccccc3n4-c3cc(CC(C)C)ccn3)cc(C(C)(C)C)c2)c1CC(C)C.[Pt+2]. The predicted molar refractivity (Wildman–Crippen MR) is 215 cm³/mol. The van der Waals surface area contributed by atoms with E-state index in [1.165, 1.54) is 39.8 Å². The second-order valence-corrected chi connectivity index (χ2v) is 17.0. The topological polar surface area (TPSA) is 44.9 Å². The summed E-state index contributed by atoms with van der Waals surface area (Å²) < 4.78 is 11.1. The van der Waals surface area contributed by atoms with Gasteiger partial charge in [0.15, 0.2) is 0 Å². The molecule has 0 spiro atoms. The van der Waals surface area contributed by atoms with Gasteiger partial charge in [0.2, 0.25) is 0 Å². The Bertz CT molecular complexity index is 2280. The largest absolute Gasteiger partial charge is 2.00 e. The van der Waals surface area contributed by atoms with Gasteiger partial charge in [-0.15, -0.1) is 41.3 Å². The number of para-hydroxylation sites is 1. The molecule has 6 aromatic rings. The first-order valence-electron chi connectivity index (χ1n) is 19.2. The number of hydrogen-bond acceptors (Lipinski definition) is 3. The van der Waals surface area contributed by atoms with Crippen molar-refractivity contribution >= 4 is 21.8 Å². The van der Waals surface area contributed by atoms with Crippen molar-refractivity contribution in [3.8, 4) is 23.0 Å². The Kier molecular flexibility index (Phi) is 11.3. The van der Waals surface area contributed by atoms with Crippen LogP contribution in [0, 0.1) is 36.8 Å². The molecule has 53 heavy (non-hydrogen) atoms. The molecule has 6 heteroatoms. The Balaban J connectivity index is 0.00000481. The van der Waals surface area contributed by atoms with Crippen LogP contribution in [0.5, 0.6) is 11.5 Å². The van der Waals surface area contributed by atoms with E-state index in [4.69, 9.17) is 14.8 Å². The van der Waals surface area contributed by atoms with Gasteiger partial charge in [-0.2, -0.15) is 11.2 Å². The molecule has 0 N–H and O–H groups in total. The van der Waals surface area contributed by atoms with E-state index in [2.05, 4.69) is 151 Å². The van der Waals surface area contributed by atoms with Gasteiger partial charge in [-0.1, -0.05) is 90.8 Å². The summed E-state index contributed by atoms with van der Waals surface area (Å²) in [6.07, 6.45) is 8.66. The first-order valence-corrected chi connectivity index (χ1v) is 19.2. The summed E-state index contributed by atoms with van der Waals surface area (Å²) in [6, 6.07) is 28.7. The molecule has 1 unspecified atom stereocenters. The zero-order chi connectivity index (χ0) is 36.9. The Labute approximate surface area is 331 Å². The first kappa shape index (κ1) is 38.8. The summed E-state index contributed by atoms with van der Waals surface area (Å²) in [6.45, 7) is 22.7. The summed E-state index contributed by atoms with van der Waals surface area (Å²) in [5.74, 6) is 4.18. The molecule has 0 amide bonds. The van der Waals surface area contributed by atoms with Crippen LogP contribution >= 0.6 is 0 Å². The van der Waals surface area contributed by atoms with Gasteiger partial charge in [0.1, 0.15) is 5.82 Å².